The maximum absolute atomic E-state index is 13.0. The molecule has 0 aliphatic rings. The van der Waals surface area contributed by atoms with E-state index in [-0.39, 0.29) is 29.3 Å². The van der Waals surface area contributed by atoms with Crippen molar-refractivity contribution in [3.63, 3.8) is 0 Å². The molecule has 0 saturated heterocycles. The van der Waals surface area contributed by atoms with Gasteiger partial charge in [0.05, 0.1) is 110 Å². The summed E-state index contributed by atoms with van der Waals surface area (Å²) in [6.07, 6.45) is 4.10. The highest BCUT2D eigenvalue weighted by atomic mass is 16.3. The molecule has 4 aromatic heterocycles. The summed E-state index contributed by atoms with van der Waals surface area (Å²) in [5.41, 5.74) is 7.00. The first-order valence-electron chi connectivity index (χ1n) is 25.7. The van der Waals surface area contributed by atoms with Crippen LogP contribution in [0.15, 0.2) is 73.3 Å². The van der Waals surface area contributed by atoms with Crippen LogP contribution in [0.5, 0.6) is 0 Å². The van der Waals surface area contributed by atoms with Crippen molar-refractivity contribution < 1.29 is 72.5 Å². The molecule has 0 saturated carbocycles. The number of nitrogens with one attached hydrogen (secondary N) is 12. The first kappa shape index (κ1) is 66.1. The molecule has 32 nitrogen and oxygen atoms in total. The van der Waals surface area contributed by atoms with Gasteiger partial charge < -0.3 is 79.7 Å². The third kappa shape index (κ3) is 22.6. The number of anilines is 2. The lowest BCUT2D eigenvalue weighted by atomic mass is 10.0. The van der Waals surface area contributed by atoms with E-state index in [9.17, 15) is 72.5 Å². The molecule has 13 amide bonds. The van der Waals surface area contributed by atoms with E-state index in [0.717, 1.165) is 0 Å². The van der Waals surface area contributed by atoms with Crippen molar-refractivity contribution in [2.24, 2.45) is 11.7 Å². The number of carbonyl (C=O) groups excluding carboxylic acids is 13. The fourth-order valence-electron chi connectivity index (χ4n) is 6.95. The molecule has 4 heterocycles. The van der Waals surface area contributed by atoms with Gasteiger partial charge in [0.15, 0.2) is 0 Å². The van der Waals surface area contributed by atoms with Crippen LogP contribution in [-0.2, 0) is 52.7 Å². The standard InChI is InChI=1S/C52H65N17O15/c1-26(2)14-38(67-45(78)23-54-29(5)72)51(83)66-33-9-13-37(58-18-33)34-10-6-30(15-55-34)48(80)68-39(25-70)50(82)63-22-43(76)60-20-41(74)59-21-42(75)61-24-44(77)64-27(3)47(79)65-32-8-12-36(57-17-32)35-11-7-31(16-56-35)49(81)69-46(28(4)71)52(84)62-19-40(53)73/h6-13,15-18,26-28,38-39,46,70-71H,14,19-25H2,1-5H3,(H2,53,73)(H,54,72)(H,59,74)(H,60,76)(H,61,75)(H,62,84)(H,63,82)(H,64,77)(H,65,79)(H,66,83)(H,67,78)(H,68,80)(H,69,81)/t27-,28+,38-,39-,46-/m0/s1. The number of carbonyl (C=O) groups is 13. The minimum absolute atomic E-state index is 0.00228. The zero-order chi connectivity index (χ0) is 62.0. The van der Waals surface area contributed by atoms with Gasteiger partial charge in [-0.25, -0.2) is 0 Å². The van der Waals surface area contributed by atoms with Gasteiger partial charge in [0, 0.05) is 19.3 Å². The lowest BCUT2D eigenvalue weighted by Gasteiger charge is -2.20. The first-order chi connectivity index (χ1) is 39.8. The number of aromatic nitrogens is 4. The summed E-state index contributed by atoms with van der Waals surface area (Å²) in [7, 11) is 0. The first-order valence-corrected chi connectivity index (χ1v) is 25.7. The molecule has 0 bridgehead atoms. The Hall–Kier alpha value is -10.4. The summed E-state index contributed by atoms with van der Waals surface area (Å²) >= 11 is 0. The van der Waals surface area contributed by atoms with Gasteiger partial charge in [-0.1, -0.05) is 13.8 Å². The van der Waals surface area contributed by atoms with Gasteiger partial charge >= 0.3 is 0 Å². The molecule has 84 heavy (non-hydrogen) atoms. The second-order valence-electron chi connectivity index (χ2n) is 18.8. The molecule has 0 fully saturated rings. The quantitative estimate of drug-likeness (QED) is 0.0232. The van der Waals surface area contributed by atoms with E-state index in [1.807, 2.05) is 13.8 Å². The number of hydrogen-bond acceptors (Lipinski definition) is 19. The predicted molar refractivity (Wildman–Crippen MR) is 295 cm³/mol. The van der Waals surface area contributed by atoms with E-state index in [4.69, 9.17) is 5.73 Å². The Kier molecular flexibility index (Phi) is 25.8. The van der Waals surface area contributed by atoms with Crippen LogP contribution in [0.4, 0.5) is 11.4 Å². The summed E-state index contributed by atoms with van der Waals surface area (Å²) < 4.78 is 0. The van der Waals surface area contributed by atoms with Gasteiger partial charge in [-0.2, -0.15) is 0 Å². The largest absolute Gasteiger partial charge is 0.394 e. The maximum Gasteiger partial charge on any atom is 0.253 e. The molecule has 0 aliphatic carbocycles. The van der Waals surface area contributed by atoms with Crippen molar-refractivity contribution in [1.29, 1.82) is 0 Å². The second kappa shape index (κ2) is 32.8. The van der Waals surface area contributed by atoms with E-state index < -0.39 is 146 Å². The molecule has 4 rings (SSSR count). The number of primary amides is 1. The Morgan fingerprint density at radius 3 is 1.32 bits per heavy atom. The van der Waals surface area contributed by atoms with Crippen LogP contribution < -0.4 is 69.5 Å². The maximum atomic E-state index is 13.0. The molecule has 448 valence electrons. The molecule has 0 aromatic carbocycles. The summed E-state index contributed by atoms with van der Waals surface area (Å²) in [5, 5.41) is 48.3. The Bertz CT molecular complexity index is 3040. The van der Waals surface area contributed by atoms with Crippen LogP contribution in [0.2, 0.25) is 0 Å². The number of nitrogens with zero attached hydrogens (tertiary/aromatic N) is 4. The Labute approximate surface area is 479 Å². The molecular weight excluding hydrogens is 1100 g/mol. The average molecular weight is 1170 g/mol. The van der Waals surface area contributed by atoms with Crippen LogP contribution in [0.25, 0.3) is 22.8 Å². The highest BCUT2D eigenvalue weighted by Gasteiger charge is 2.28. The highest BCUT2D eigenvalue weighted by Crippen LogP contribution is 2.19. The number of hydrogen-bond donors (Lipinski definition) is 15. The third-order valence-corrected chi connectivity index (χ3v) is 11.3. The Balaban J connectivity index is 1.11. The monoisotopic (exact) mass is 1170 g/mol. The second-order valence-corrected chi connectivity index (χ2v) is 18.8. The van der Waals surface area contributed by atoms with Gasteiger partial charge in [0.1, 0.15) is 24.2 Å². The van der Waals surface area contributed by atoms with E-state index in [1.165, 1.54) is 82.0 Å². The van der Waals surface area contributed by atoms with Crippen molar-refractivity contribution in [3.05, 3.63) is 84.4 Å². The Morgan fingerprint density at radius 1 is 0.464 bits per heavy atom. The minimum atomic E-state index is -1.50. The number of aliphatic hydroxyl groups is 2. The number of pyridine rings is 4. The lowest BCUT2D eigenvalue weighted by molar-refractivity contribution is -0.130. The summed E-state index contributed by atoms with van der Waals surface area (Å²) in [6, 6.07) is 6.98. The van der Waals surface area contributed by atoms with Gasteiger partial charge in [0.25, 0.3) is 11.8 Å². The molecular formula is C52H65N17O15. The normalized spacial score (nSPS) is 12.4. The molecule has 4 aromatic rings. The molecule has 0 aliphatic heterocycles. The van der Waals surface area contributed by atoms with Gasteiger partial charge in [0.2, 0.25) is 65.0 Å². The summed E-state index contributed by atoms with van der Waals surface area (Å²) in [5.74, 6) is -9.35. The number of aliphatic hydroxyl groups excluding tert-OH is 2. The lowest BCUT2D eigenvalue weighted by Crippen LogP contribution is -2.53. The van der Waals surface area contributed by atoms with Crippen molar-refractivity contribution in [2.75, 3.05) is 56.5 Å². The van der Waals surface area contributed by atoms with E-state index in [2.05, 4.69) is 83.7 Å². The smallest absolute Gasteiger partial charge is 0.253 e. The third-order valence-electron chi connectivity index (χ3n) is 11.3. The number of amides is 13. The van der Waals surface area contributed by atoms with E-state index in [1.54, 1.807) is 12.1 Å². The number of nitrogens with two attached hydrogens (primary N) is 1. The predicted octanol–water partition coefficient (Wildman–Crippen LogP) is -5.01. The van der Waals surface area contributed by atoms with Gasteiger partial charge in [-0.3, -0.25) is 82.3 Å². The molecule has 32 heteroatoms. The van der Waals surface area contributed by atoms with Crippen LogP contribution in [-0.4, -0.2) is 183 Å². The van der Waals surface area contributed by atoms with E-state index in [0.29, 0.717) is 34.9 Å². The number of rotatable bonds is 30. The van der Waals surface area contributed by atoms with Crippen LogP contribution >= 0.6 is 0 Å². The van der Waals surface area contributed by atoms with Crippen LogP contribution in [0.3, 0.4) is 0 Å². The highest BCUT2D eigenvalue weighted by molar-refractivity contribution is 6.01. The zero-order valence-corrected chi connectivity index (χ0v) is 46.1. The SMILES string of the molecule is CC(=O)NCC(=O)N[C@@H](CC(C)C)C(=O)Nc1ccc(-c2ccc(C(=O)N[C@@H](CO)C(=O)NCC(=O)NCC(=O)NCC(=O)NCC(=O)N[C@@H](C)C(=O)Nc3ccc(-c4ccc(C(=O)N[C@H](C(=O)NCC(N)=O)[C@@H](C)O)cn4)nc3)cn2)nc1. The van der Waals surface area contributed by atoms with Crippen LogP contribution in [0, 0.1) is 5.92 Å². The summed E-state index contributed by atoms with van der Waals surface area (Å²) in [4.78, 5) is 177. The molecule has 5 atom stereocenters. The molecule has 16 N–H and O–H groups in total. The van der Waals surface area contributed by atoms with E-state index >= 15 is 0 Å². The van der Waals surface area contributed by atoms with Gasteiger partial charge in [-0.05, 0) is 74.7 Å². The Morgan fingerprint density at radius 2 is 0.893 bits per heavy atom. The average Bonchev–Trinajstić information content (AvgIpc) is 3.68. The zero-order valence-electron chi connectivity index (χ0n) is 46.1. The summed E-state index contributed by atoms with van der Waals surface area (Å²) in [6.45, 7) is 3.57. The van der Waals surface area contributed by atoms with Crippen LogP contribution in [0.1, 0.15) is 61.8 Å². The molecule has 0 radical (unpaired) electrons. The fourth-order valence-corrected chi connectivity index (χ4v) is 6.95. The molecule has 0 unspecified atom stereocenters. The minimum Gasteiger partial charge on any atom is -0.394 e. The topological polar surface area (TPSA) is 484 Å². The van der Waals surface area contributed by atoms with Gasteiger partial charge in [-0.15, -0.1) is 0 Å². The van der Waals surface area contributed by atoms with Crippen molar-refractivity contribution in [3.8, 4) is 22.8 Å². The van der Waals surface area contributed by atoms with Crippen molar-refractivity contribution in [1.82, 2.24) is 73.1 Å². The molecule has 0 spiro atoms. The van der Waals surface area contributed by atoms with Crippen molar-refractivity contribution >= 4 is 88.2 Å². The fraction of sp³-hybridized carbons (Fsp3) is 0.365. The van der Waals surface area contributed by atoms with Crippen molar-refractivity contribution in [2.45, 2.75) is 71.3 Å².